The first-order chi connectivity index (χ1) is 12.0. The van der Waals surface area contributed by atoms with Crippen molar-refractivity contribution >= 4 is 23.5 Å². The molecule has 2 amide bonds. The van der Waals surface area contributed by atoms with Crippen LogP contribution in [0.15, 0.2) is 54.6 Å². The first kappa shape index (κ1) is 18.2. The zero-order valence-electron chi connectivity index (χ0n) is 14.1. The van der Waals surface area contributed by atoms with Crippen LogP contribution >= 0.6 is 0 Å². The van der Waals surface area contributed by atoms with Crippen molar-refractivity contribution in [2.24, 2.45) is 0 Å². The number of esters is 1. The number of carbonyl (C=O) groups is 3. The van der Waals surface area contributed by atoms with Crippen LogP contribution in [0.1, 0.15) is 29.8 Å². The average molecular weight is 340 g/mol. The van der Waals surface area contributed by atoms with Crippen LogP contribution in [-0.2, 0) is 20.9 Å². The molecule has 0 saturated carbocycles. The number of benzene rings is 2. The molecule has 0 aliphatic heterocycles. The number of para-hydroxylation sites is 1. The second kappa shape index (κ2) is 8.63. The summed E-state index contributed by atoms with van der Waals surface area (Å²) in [7, 11) is 0. The Balaban J connectivity index is 1.88. The summed E-state index contributed by atoms with van der Waals surface area (Å²) in [6.07, 6.45) is 0. The highest BCUT2D eigenvalue weighted by molar-refractivity contribution is 6.04. The van der Waals surface area contributed by atoms with E-state index in [4.69, 9.17) is 4.74 Å². The predicted molar refractivity (Wildman–Crippen MR) is 93.9 cm³/mol. The van der Waals surface area contributed by atoms with Crippen molar-refractivity contribution < 1.29 is 19.1 Å². The van der Waals surface area contributed by atoms with Crippen molar-refractivity contribution in [3.8, 4) is 0 Å². The molecule has 0 fully saturated rings. The molecular formula is C19H20N2O4. The van der Waals surface area contributed by atoms with E-state index in [1.807, 2.05) is 30.3 Å². The van der Waals surface area contributed by atoms with Crippen molar-refractivity contribution in [3.63, 3.8) is 0 Å². The maximum absolute atomic E-state index is 12.1. The molecule has 130 valence electrons. The van der Waals surface area contributed by atoms with Crippen molar-refractivity contribution in [1.29, 1.82) is 0 Å². The molecule has 6 nitrogen and oxygen atoms in total. The van der Waals surface area contributed by atoms with E-state index in [0.717, 1.165) is 11.3 Å². The average Bonchev–Trinajstić information content (AvgIpc) is 2.60. The van der Waals surface area contributed by atoms with Gasteiger partial charge in [0.1, 0.15) is 12.6 Å². The van der Waals surface area contributed by atoms with Gasteiger partial charge in [-0.1, -0.05) is 30.3 Å². The monoisotopic (exact) mass is 340 g/mol. The van der Waals surface area contributed by atoms with Crippen molar-refractivity contribution in [2.45, 2.75) is 26.5 Å². The van der Waals surface area contributed by atoms with E-state index in [2.05, 4.69) is 10.6 Å². The molecule has 2 rings (SSSR count). The Bertz CT molecular complexity index is 742. The molecule has 0 heterocycles. The highest BCUT2D eigenvalue weighted by atomic mass is 16.5. The fraction of sp³-hybridized carbons (Fsp3) is 0.211. The zero-order valence-corrected chi connectivity index (χ0v) is 14.1. The Morgan fingerprint density at radius 2 is 1.64 bits per heavy atom. The fourth-order valence-electron chi connectivity index (χ4n) is 2.12. The van der Waals surface area contributed by atoms with E-state index in [1.54, 1.807) is 31.2 Å². The van der Waals surface area contributed by atoms with Crippen LogP contribution in [0.5, 0.6) is 0 Å². The number of nitrogens with one attached hydrogen (secondary N) is 2. The molecule has 0 saturated heterocycles. The van der Waals surface area contributed by atoms with Crippen LogP contribution in [0.25, 0.3) is 0 Å². The minimum atomic E-state index is -0.701. The molecule has 6 heteroatoms. The second-order valence-corrected chi connectivity index (χ2v) is 5.55. The molecule has 2 aromatic carbocycles. The van der Waals surface area contributed by atoms with Crippen LogP contribution in [0.4, 0.5) is 5.69 Å². The van der Waals surface area contributed by atoms with Gasteiger partial charge >= 0.3 is 5.97 Å². The van der Waals surface area contributed by atoms with Gasteiger partial charge < -0.3 is 15.4 Å². The number of rotatable bonds is 6. The van der Waals surface area contributed by atoms with Gasteiger partial charge in [0.05, 0.1) is 0 Å². The summed E-state index contributed by atoms with van der Waals surface area (Å²) in [6.45, 7) is 2.97. The van der Waals surface area contributed by atoms with Gasteiger partial charge in [-0.05, 0) is 36.8 Å². The molecule has 0 aromatic heterocycles. The van der Waals surface area contributed by atoms with Gasteiger partial charge in [0.15, 0.2) is 0 Å². The van der Waals surface area contributed by atoms with Crippen LogP contribution in [-0.4, -0.2) is 23.8 Å². The Kier molecular flexibility index (Phi) is 6.28. The number of hydrogen-bond donors (Lipinski definition) is 2. The van der Waals surface area contributed by atoms with Crippen LogP contribution < -0.4 is 10.6 Å². The Morgan fingerprint density at radius 1 is 1.00 bits per heavy atom. The van der Waals surface area contributed by atoms with E-state index in [0.29, 0.717) is 5.56 Å². The molecule has 0 bridgehead atoms. The maximum Gasteiger partial charge on any atom is 0.328 e. The molecule has 2 N–H and O–H groups in total. The number of hydrogen-bond acceptors (Lipinski definition) is 4. The number of carbonyl (C=O) groups excluding carboxylic acids is 3. The molecule has 1 atom stereocenters. The third-order valence-corrected chi connectivity index (χ3v) is 3.40. The number of ether oxygens (including phenoxy) is 1. The normalized spacial score (nSPS) is 11.3. The largest absolute Gasteiger partial charge is 0.459 e. The Morgan fingerprint density at radius 3 is 2.24 bits per heavy atom. The highest BCUT2D eigenvalue weighted by Crippen LogP contribution is 2.10. The van der Waals surface area contributed by atoms with Crippen LogP contribution in [0.2, 0.25) is 0 Å². The quantitative estimate of drug-likeness (QED) is 0.791. The minimum absolute atomic E-state index is 0.0728. The number of amides is 2. The lowest BCUT2D eigenvalue weighted by atomic mass is 10.1. The maximum atomic E-state index is 12.1. The lowest BCUT2D eigenvalue weighted by Gasteiger charge is -2.12. The summed E-state index contributed by atoms with van der Waals surface area (Å²) in [5.74, 6) is -1.02. The van der Waals surface area contributed by atoms with Gasteiger partial charge in [0.2, 0.25) is 5.91 Å². The van der Waals surface area contributed by atoms with E-state index in [1.165, 1.54) is 6.92 Å². The molecule has 0 aliphatic carbocycles. The van der Waals surface area contributed by atoms with Gasteiger partial charge in [-0.25, -0.2) is 4.79 Å². The zero-order chi connectivity index (χ0) is 18.2. The topological polar surface area (TPSA) is 84.5 Å². The van der Waals surface area contributed by atoms with Gasteiger partial charge in [0.25, 0.3) is 5.91 Å². The van der Waals surface area contributed by atoms with E-state index < -0.39 is 12.0 Å². The van der Waals surface area contributed by atoms with Crippen molar-refractivity contribution in [1.82, 2.24) is 5.32 Å². The summed E-state index contributed by atoms with van der Waals surface area (Å²) in [4.78, 5) is 34.8. The van der Waals surface area contributed by atoms with Crippen LogP contribution in [0.3, 0.4) is 0 Å². The molecule has 0 radical (unpaired) electrons. The second-order valence-electron chi connectivity index (χ2n) is 5.55. The standard InChI is InChI=1S/C19H20N2O4/c1-13(20-14(2)22)19(24)25-12-15-8-10-16(11-9-15)18(23)21-17-6-4-3-5-7-17/h3-11,13H,12H2,1-2H3,(H,20,22)(H,21,23)/t13-/m0/s1. The number of anilines is 1. The van der Waals surface area contributed by atoms with Gasteiger partial charge in [-0.15, -0.1) is 0 Å². The molecule has 0 spiro atoms. The fourth-order valence-corrected chi connectivity index (χ4v) is 2.12. The SMILES string of the molecule is CC(=O)N[C@@H](C)C(=O)OCc1ccc(C(=O)Nc2ccccc2)cc1. The van der Waals surface area contributed by atoms with E-state index in [9.17, 15) is 14.4 Å². The first-order valence-electron chi connectivity index (χ1n) is 7.85. The minimum Gasteiger partial charge on any atom is -0.459 e. The summed E-state index contributed by atoms with van der Waals surface area (Å²) >= 11 is 0. The third kappa shape index (κ3) is 5.76. The molecule has 0 aliphatic rings. The summed E-state index contributed by atoms with van der Waals surface area (Å²) in [5, 5.41) is 5.26. The van der Waals surface area contributed by atoms with Crippen molar-refractivity contribution in [2.75, 3.05) is 5.32 Å². The van der Waals surface area contributed by atoms with E-state index >= 15 is 0 Å². The predicted octanol–water partition coefficient (Wildman–Crippen LogP) is 2.51. The molecular weight excluding hydrogens is 320 g/mol. The summed E-state index contributed by atoms with van der Waals surface area (Å²) in [6, 6.07) is 15.2. The van der Waals surface area contributed by atoms with Crippen LogP contribution in [0, 0.1) is 0 Å². The lowest BCUT2D eigenvalue weighted by molar-refractivity contribution is -0.148. The first-order valence-corrected chi connectivity index (χ1v) is 7.85. The Hall–Kier alpha value is -3.15. The van der Waals surface area contributed by atoms with Gasteiger partial charge in [0, 0.05) is 18.2 Å². The summed E-state index contributed by atoms with van der Waals surface area (Å²) in [5.41, 5.74) is 1.97. The smallest absolute Gasteiger partial charge is 0.328 e. The third-order valence-electron chi connectivity index (χ3n) is 3.40. The van der Waals surface area contributed by atoms with E-state index in [-0.39, 0.29) is 18.4 Å². The summed E-state index contributed by atoms with van der Waals surface area (Å²) < 4.78 is 5.13. The molecule has 2 aromatic rings. The molecule has 0 unspecified atom stereocenters. The van der Waals surface area contributed by atoms with Crippen molar-refractivity contribution in [3.05, 3.63) is 65.7 Å². The Labute approximate surface area is 146 Å². The van der Waals surface area contributed by atoms with Gasteiger partial charge in [-0.3, -0.25) is 9.59 Å². The van der Waals surface area contributed by atoms with Gasteiger partial charge in [-0.2, -0.15) is 0 Å². The lowest BCUT2D eigenvalue weighted by Crippen LogP contribution is -2.38. The highest BCUT2D eigenvalue weighted by Gasteiger charge is 2.15. The molecule has 25 heavy (non-hydrogen) atoms.